The Hall–Kier alpha value is -1.72. The molecule has 0 unspecified atom stereocenters. The summed E-state index contributed by atoms with van der Waals surface area (Å²) in [5.41, 5.74) is 3.17. The Kier molecular flexibility index (Phi) is 4.44. The molecule has 0 saturated carbocycles. The monoisotopic (exact) mass is 246 g/mol. The molecule has 0 fully saturated rings. The largest absolute Gasteiger partial charge is 0.383 e. The van der Waals surface area contributed by atoms with E-state index in [9.17, 15) is 0 Å². The molecule has 0 atom stereocenters. The van der Waals surface area contributed by atoms with Crippen molar-refractivity contribution in [3.63, 3.8) is 0 Å². The van der Waals surface area contributed by atoms with Crippen LogP contribution < -0.4 is 5.32 Å². The van der Waals surface area contributed by atoms with Crippen LogP contribution in [0.2, 0.25) is 0 Å². The summed E-state index contributed by atoms with van der Waals surface area (Å²) in [6.45, 7) is 4.28. The van der Waals surface area contributed by atoms with Crippen molar-refractivity contribution >= 4 is 0 Å². The van der Waals surface area contributed by atoms with Gasteiger partial charge in [0, 0.05) is 20.2 Å². The van der Waals surface area contributed by atoms with E-state index in [-0.39, 0.29) is 0 Å². The van der Waals surface area contributed by atoms with Gasteiger partial charge in [0.25, 0.3) is 0 Å². The van der Waals surface area contributed by atoms with E-state index in [2.05, 4.69) is 28.6 Å². The maximum absolute atomic E-state index is 4.97. The molecule has 0 radical (unpaired) electrons. The van der Waals surface area contributed by atoms with Gasteiger partial charge in [-0.1, -0.05) is 23.4 Å². The van der Waals surface area contributed by atoms with Crippen LogP contribution in [-0.2, 0) is 11.3 Å². The third-order valence-electron chi connectivity index (χ3n) is 2.69. The molecule has 1 heterocycles. The van der Waals surface area contributed by atoms with Crippen LogP contribution in [0, 0.1) is 6.92 Å². The van der Waals surface area contributed by atoms with Crippen LogP contribution in [0.5, 0.6) is 0 Å². The topological polar surface area (TPSA) is 52.0 Å². The van der Waals surface area contributed by atoms with Gasteiger partial charge in [0.1, 0.15) is 0 Å². The molecular weight excluding hydrogens is 228 g/mol. The summed E-state index contributed by atoms with van der Waals surface area (Å²) >= 11 is 0. The van der Waals surface area contributed by atoms with E-state index in [1.54, 1.807) is 7.11 Å². The van der Waals surface area contributed by atoms with Crippen molar-refractivity contribution in [2.24, 2.45) is 0 Å². The van der Waals surface area contributed by atoms with Crippen molar-refractivity contribution in [1.82, 2.24) is 20.3 Å². The van der Waals surface area contributed by atoms with Crippen LogP contribution >= 0.6 is 0 Å². The van der Waals surface area contributed by atoms with Gasteiger partial charge in [-0.3, -0.25) is 0 Å². The Morgan fingerprint density at radius 3 is 2.94 bits per heavy atom. The van der Waals surface area contributed by atoms with Crippen LogP contribution in [0.25, 0.3) is 5.69 Å². The highest BCUT2D eigenvalue weighted by Crippen LogP contribution is 2.11. The number of aromatic nitrogens is 3. The van der Waals surface area contributed by atoms with Gasteiger partial charge >= 0.3 is 0 Å². The third kappa shape index (κ3) is 3.15. The summed E-state index contributed by atoms with van der Waals surface area (Å²) in [5.74, 6) is 0. The lowest BCUT2D eigenvalue weighted by Gasteiger charge is -2.03. The maximum atomic E-state index is 4.97. The van der Waals surface area contributed by atoms with Crippen molar-refractivity contribution in [2.45, 2.75) is 13.5 Å². The van der Waals surface area contributed by atoms with Crippen molar-refractivity contribution in [1.29, 1.82) is 0 Å². The minimum Gasteiger partial charge on any atom is -0.383 e. The summed E-state index contributed by atoms with van der Waals surface area (Å²) in [6, 6.07) is 8.11. The number of hydrogen-bond acceptors (Lipinski definition) is 4. The second kappa shape index (κ2) is 6.28. The Bertz CT molecular complexity index is 495. The predicted octanol–water partition coefficient (Wildman–Crippen LogP) is 1.31. The first kappa shape index (κ1) is 12.7. The Morgan fingerprint density at radius 1 is 1.33 bits per heavy atom. The summed E-state index contributed by atoms with van der Waals surface area (Å²) in [5, 5.41) is 11.5. The summed E-state index contributed by atoms with van der Waals surface area (Å²) in [6.07, 6.45) is 1.95. The second-order valence-electron chi connectivity index (χ2n) is 4.11. The number of benzene rings is 1. The molecule has 0 aliphatic carbocycles. The zero-order valence-corrected chi connectivity index (χ0v) is 10.8. The first-order chi connectivity index (χ1) is 8.81. The van der Waals surface area contributed by atoms with Gasteiger partial charge in [-0.25, -0.2) is 4.68 Å². The fourth-order valence-electron chi connectivity index (χ4n) is 1.71. The normalized spacial score (nSPS) is 10.8. The fraction of sp³-hybridized carbons (Fsp3) is 0.385. The molecule has 0 aliphatic heterocycles. The number of hydrogen-bond donors (Lipinski definition) is 1. The Morgan fingerprint density at radius 2 is 2.17 bits per heavy atom. The highest BCUT2D eigenvalue weighted by molar-refractivity contribution is 5.38. The molecule has 5 heteroatoms. The molecule has 0 bridgehead atoms. The number of nitrogens with zero attached hydrogens (tertiary/aromatic N) is 3. The van der Waals surface area contributed by atoms with E-state index in [1.807, 2.05) is 29.1 Å². The second-order valence-corrected chi connectivity index (χ2v) is 4.11. The number of aryl methyl sites for hydroxylation is 1. The molecular formula is C13H18N4O. The van der Waals surface area contributed by atoms with Gasteiger partial charge in [-0.2, -0.15) is 0 Å². The third-order valence-corrected chi connectivity index (χ3v) is 2.69. The van der Waals surface area contributed by atoms with E-state index in [0.717, 1.165) is 17.9 Å². The number of methoxy groups -OCH3 is 1. The first-order valence-corrected chi connectivity index (χ1v) is 5.98. The molecule has 96 valence electrons. The molecule has 2 aromatic rings. The van der Waals surface area contributed by atoms with Crippen molar-refractivity contribution in [3.8, 4) is 5.69 Å². The Balaban J connectivity index is 2.00. The van der Waals surface area contributed by atoms with E-state index in [4.69, 9.17) is 4.74 Å². The SMILES string of the molecule is COCCNCc1cn(-c2ccccc2C)nn1. The number of ether oxygens (including phenoxy) is 1. The summed E-state index contributed by atoms with van der Waals surface area (Å²) in [4.78, 5) is 0. The number of para-hydroxylation sites is 1. The van der Waals surface area contributed by atoms with Crippen LogP contribution in [-0.4, -0.2) is 35.3 Å². The Labute approximate surface area is 107 Å². The molecule has 0 aliphatic rings. The molecule has 2 rings (SSSR count). The van der Waals surface area contributed by atoms with Gasteiger partial charge in [0.15, 0.2) is 0 Å². The highest BCUT2D eigenvalue weighted by Gasteiger charge is 2.04. The fourth-order valence-corrected chi connectivity index (χ4v) is 1.71. The molecule has 1 aromatic heterocycles. The number of rotatable bonds is 6. The standard InChI is InChI=1S/C13H18N4O/c1-11-5-3-4-6-13(11)17-10-12(15-16-17)9-14-7-8-18-2/h3-6,10,14H,7-9H2,1-2H3. The van der Waals surface area contributed by atoms with Crippen LogP contribution in [0.4, 0.5) is 0 Å². The molecule has 0 spiro atoms. The lowest BCUT2D eigenvalue weighted by Crippen LogP contribution is -2.18. The number of nitrogens with one attached hydrogen (secondary N) is 1. The summed E-state index contributed by atoms with van der Waals surface area (Å²) < 4.78 is 6.77. The van der Waals surface area contributed by atoms with Crippen LogP contribution in [0.1, 0.15) is 11.3 Å². The van der Waals surface area contributed by atoms with E-state index >= 15 is 0 Å². The zero-order chi connectivity index (χ0) is 12.8. The molecule has 5 nitrogen and oxygen atoms in total. The lowest BCUT2D eigenvalue weighted by atomic mass is 10.2. The summed E-state index contributed by atoms with van der Waals surface area (Å²) in [7, 11) is 1.69. The maximum Gasteiger partial charge on any atom is 0.0969 e. The molecule has 18 heavy (non-hydrogen) atoms. The average Bonchev–Trinajstić information content (AvgIpc) is 2.84. The molecule has 0 amide bonds. The molecule has 1 aromatic carbocycles. The average molecular weight is 246 g/mol. The van der Waals surface area contributed by atoms with Gasteiger partial charge in [0.2, 0.25) is 0 Å². The van der Waals surface area contributed by atoms with E-state index < -0.39 is 0 Å². The van der Waals surface area contributed by atoms with E-state index in [1.165, 1.54) is 5.56 Å². The predicted molar refractivity (Wildman–Crippen MR) is 69.7 cm³/mol. The van der Waals surface area contributed by atoms with Gasteiger partial charge < -0.3 is 10.1 Å². The van der Waals surface area contributed by atoms with E-state index in [0.29, 0.717) is 13.2 Å². The zero-order valence-electron chi connectivity index (χ0n) is 10.8. The first-order valence-electron chi connectivity index (χ1n) is 5.98. The van der Waals surface area contributed by atoms with Crippen molar-refractivity contribution < 1.29 is 4.74 Å². The lowest BCUT2D eigenvalue weighted by molar-refractivity contribution is 0.199. The van der Waals surface area contributed by atoms with Crippen molar-refractivity contribution in [2.75, 3.05) is 20.3 Å². The minimum atomic E-state index is 0.700. The van der Waals surface area contributed by atoms with Crippen LogP contribution in [0.15, 0.2) is 30.5 Å². The van der Waals surface area contributed by atoms with Gasteiger partial charge in [-0.05, 0) is 18.6 Å². The molecule has 0 saturated heterocycles. The van der Waals surface area contributed by atoms with Gasteiger partial charge in [0.05, 0.1) is 24.2 Å². The smallest absolute Gasteiger partial charge is 0.0969 e. The quantitative estimate of drug-likeness (QED) is 0.781. The highest BCUT2D eigenvalue weighted by atomic mass is 16.5. The van der Waals surface area contributed by atoms with Crippen LogP contribution in [0.3, 0.4) is 0 Å². The van der Waals surface area contributed by atoms with Crippen molar-refractivity contribution in [3.05, 3.63) is 41.7 Å². The minimum absolute atomic E-state index is 0.700. The van der Waals surface area contributed by atoms with Gasteiger partial charge in [-0.15, -0.1) is 5.10 Å². The molecule has 1 N–H and O–H groups in total.